The number of rotatable bonds is 12. The molecule has 2 amide bonds. The third-order valence-corrected chi connectivity index (χ3v) is 7.61. The van der Waals surface area contributed by atoms with E-state index in [2.05, 4.69) is 37.5 Å². The number of halogens is 2. The molecule has 0 bridgehead atoms. The van der Waals surface area contributed by atoms with Gasteiger partial charge in [0.25, 0.3) is 0 Å². The van der Waals surface area contributed by atoms with Crippen LogP contribution in [0.2, 0.25) is 0 Å². The molecule has 1 saturated heterocycles. The zero-order valence-corrected chi connectivity index (χ0v) is 24.7. The first-order chi connectivity index (χ1) is 19.8. The number of carbonyl (C=O) groups is 1. The van der Waals surface area contributed by atoms with Crippen LogP contribution in [0, 0.1) is 5.92 Å². The number of allylic oxidation sites excluding steroid dienone is 6. The highest BCUT2D eigenvalue weighted by Gasteiger charge is 2.30. The maximum absolute atomic E-state index is 15.1. The second-order valence-electron chi connectivity index (χ2n) is 10.6. The van der Waals surface area contributed by atoms with Crippen molar-refractivity contribution in [1.29, 1.82) is 0 Å². The van der Waals surface area contributed by atoms with Crippen molar-refractivity contribution in [3.8, 4) is 0 Å². The molecule has 0 saturated carbocycles. The van der Waals surface area contributed by atoms with Crippen molar-refractivity contribution in [3.63, 3.8) is 0 Å². The van der Waals surface area contributed by atoms with Crippen LogP contribution < -0.4 is 0 Å². The fourth-order valence-electron chi connectivity index (χ4n) is 5.13. The third-order valence-electron chi connectivity index (χ3n) is 7.61. The number of nitrogens with zero attached hydrogens (tertiary/aromatic N) is 3. The molecule has 1 fully saturated rings. The van der Waals surface area contributed by atoms with Crippen molar-refractivity contribution in [2.45, 2.75) is 71.8 Å². The van der Waals surface area contributed by atoms with Gasteiger partial charge in [-0.05, 0) is 78.9 Å². The molecule has 0 spiro atoms. The maximum Gasteiger partial charge on any atom is 0.344 e. The average Bonchev–Trinajstić information content (AvgIpc) is 3.00. The van der Waals surface area contributed by atoms with Crippen LogP contribution in [0.15, 0.2) is 96.3 Å². The fraction of sp³-hybridized carbons (Fsp3) is 0.371. The van der Waals surface area contributed by atoms with E-state index in [-0.39, 0.29) is 23.6 Å². The van der Waals surface area contributed by atoms with Gasteiger partial charge in [0.15, 0.2) is 0 Å². The number of piperidine rings is 1. The molecule has 6 heteroatoms. The number of carbonyl (C=O) groups excluding carboxylic acids is 1. The molecule has 0 aliphatic carbocycles. The molecule has 2 aromatic rings. The molecule has 1 heterocycles. The average molecular weight is 560 g/mol. The topological polar surface area (TPSA) is 35.9 Å². The summed E-state index contributed by atoms with van der Waals surface area (Å²) in [7, 11) is 0. The maximum atomic E-state index is 15.1. The lowest BCUT2D eigenvalue weighted by Gasteiger charge is -2.37. The lowest BCUT2D eigenvalue weighted by atomic mass is 9.95. The van der Waals surface area contributed by atoms with Crippen LogP contribution in [0.4, 0.5) is 13.6 Å². The second kappa shape index (κ2) is 15.8. The number of hydrogen-bond acceptors (Lipinski definition) is 2. The molecular weight excluding hydrogens is 516 g/mol. The van der Waals surface area contributed by atoms with Crippen LogP contribution in [0.5, 0.6) is 0 Å². The number of urea groups is 1. The van der Waals surface area contributed by atoms with Gasteiger partial charge >= 0.3 is 6.03 Å². The summed E-state index contributed by atoms with van der Waals surface area (Å²) >= 11 is 0. The highest BCUT2D eigenvalue weighted by atomic mass is 19.1. The Morgan fingerprint density at radius 2 is 1.78 bits per heavy atom. The highest BCUT2D eigenvalue weighted by Crippen LogP contribution is 2.32. The van der Waals surface area contributed by atoms with Gasteiger partial charge in [0, 0.05) is 25.5 Å². The van der Waals surface area contributed by atoms with Crippen molar-refractivity contribution in [2.75, 3.05) is 6.54 Å². The fourth-order valence-corrected chi connectivity index (χ4v) is 5.13. The molecule has 2 aromatic carbocycles. The SMILES string of the molecule is C=C/C(F)=C(\C(F)=C/C(C)CC)c1ccc(/C(=C/N(N=C)C(=O)N2CCCCC2Cc2ccccc2)CCC)cc1. The Morgan fingerprint density at radius 3 is 2.39 bits per heavy atom. The van der Waals surface area contributed by atoms with Gasteiger partial charge in [-0.15, -0.1) is 0 Å². The Bertz CT molecular complexity index is 1260. The zero-order valence-electron chi connectivity index (χ0n) is 24.7. The predicted molar refractivity (Wildman–Crippen MR) is 167 cm³/mol. The van der Waals surface area contributed by atoms with Crippen molar-refractivity contribution < 1.29 is 13.6 Å². The van der Waals surface area contributed by atoms with Crippen molar-refractivity contribution in [2.24, 2.45) is 11.0 Å². The van der Waals surface area contributed by atoms with Gasteiger partial charge in [-0.25, -0.2) is 13.6 Å². The van der Waals surface area contributed by atoms with E-state index in [9.17, 15) is 9.18 Å². The second-order valence-corrected chi connectivity index (χ2v) is 10.6. The monoisotopic (exact) mass is 559 g/mol. The minimum atomic E-state index is -0.710. The Kier molecular flexibility index (Phi) is 12.3. The number of hydrogen-bond donors (Lipinski definition) is 0. The summed E-state index contributed by atoms with van der Waals surface area (Å²) in [6.07, 6.45) is 10.3. The minimum Gasteiger partial charge on any atom is -0.320 e. The molecular formula is C35H43F2N3O. The minimum absolute atomic E-state index is 0.0249. The van der Waals surface area contributed by atoms with Gasteiger partial charge in [-0.3, -0.25) is 0 Å². The smallest absolute Gasteiger partial charge is 0.320 e. The zero-order chi connectivity index (χ0) is 29.8. The number of hydrazone groups is 1. The van der Waals surface area contributed by atoms with Crippen LogP contribution in [0.1, 0.15) is 76.0 Å². The van der Waals surface area contributed by atoms with E-state index in [1.54, 1.807) is 18.3 Å². The summed E-state index contributed by atoms with van der Waals surface area (Å²) in [6, 6.07) is 17.2. The molecule has 1 aliphatic heterocycles. The van der Waals surface area contributed by atoms with Crippen LogP contribution >= 0.6 is 0 Å². The molecule has 4 nitrogen and oxygen atoms in total. The van der Waals surface area contributed by atoms with Gasteiger partial charge in [0.2, 0.25) is 0 Å². The molecule has 2 unspecified atom stereocenters. The summed E-state index contributed by atoms with van der Waals surface area (Å²) < 4.78 is 29.8. The Balaban J connectivity index is 1.89. The van der Waals surface area contributed by atoms with E-state index in [4.69, 9.17) is 0 Å². The van der Waals surface area contributed by atoms with E-state index < -0.39 is 11.7 Å². The van der Waals surface area contributed by atoms with Crippen LogP contribution in [-0.2, 0) is 6.42 Å². The van der Waals surface area contributed by atoms with Crippen LogP contribution in [-0.4, -0.2) is 35.2 Å². The summed E-state index contributed by atoms with van der Waals surface area (Å²) in [4.78, 5) is 15.6. The van der Waals surface area contributed by atoms with E-state index >= 15 is 4.39 Å². The molecule has 2 atom stereocenters. The summed E-state index contributed by atoms with van der Waals surface area (Å²) in [5, 5.41) is 5.41. The quantitative estimate of drug-likeness (QED) is 0.145. The summed E-state index contributed by atoms with van der Waals surface area (Å²) in [5.74, 6) is -1.34. The Morgan fingerprint density at radius 1 is 1.10 bits per heavy atom. The van der Waals surface area contributed by atoms with Gasteiger partial charge in [0.1, 0.15) is 11.7 Å². The number of benzene rings is 2. The van der Waals surface area contributed by atoms with E-state index in [0.717, 1.165) is 55.7 Å². The first-order valence-corrected chi connectivity index (χ1v) is 14.6. The molecule has 0 radical (unpaired) electrons. The van der Waals surface area contributed by atoms with Crippen LogP contribution in [0.25, 0.3) is 11.1 Å². The van der Waals surface area contributed by atoms with Gasteiger partial charge in [-0.2, -0.15) is 10.1 Å². The molecule has 3 rings (SSSR count). The van der Waals surface area contributed by atoms with Crippen molar-refractivity contribution in [1.82, 2.24) is 9.91 Å². The first-order valence-electron chi connectivity index (χ1n) is 14.6. The standard InChI is InChI=1S/C35H43F2N3O/c1-6-14-30(28-18-20-29(21-19-28)34(32(36)8-3)33(37)23-26(4)7-2)25-40(38-5)35(41)39-22-13-12-17-31(39)24-27-15-10-9-11-16-27/h8-11,15-16,18-21,23,25-26,31H,3,5-7,12-14,17,22,24H2,1-2,4H3/b30-25+,33-23+,34-32+. The van der Waals surface area contributed by atoms with Gasteiger partial charge in [0.05, 0.1) is 5.57 Å². The largest absolute Gasteiger partial charge is 0.344 e. The van der Waals surface area contributed by atoms with E-state index in [1.807, 2.05) is 49.1 Å². The molecule has 1 aliphatic rings. The lowest BCUT2D eigenvalue weighted by Crippen LogP contribution is -2.48. The van der Waals surface area contributed by atoms with Gasteiger partial charge in [-0.1, -0.05) is 88.4 Å². The normalized spacial score (nSPS) is 17.5. The molecule has 0 N–H and O–H groups in total. The lowest BCUT2D eigenvalue weighted by molar-refractivity contribution is 0.128. The van der Waals surface area contributed by atoms with E-state index in [0.29, 0.717) is 18.5 Å². The molecule has 218 valence electrons. The molecule has 0 aromatic heterocycles. The Labute approximate surface area is 244 Å². The van der Waals surface area contributed by atoms with Crippen molar-refractivity contribution >= 4 is 23.9 Å². The van der Waals surface area contributed by atoms with Gasteiger partial charge < -0.3 is 4.90 Å². The summed E-state index contributed by atoms with van der Waals surface area (Å²) in [5.41, 5.74) is 3.26. The van der Waals surface area contributed by atoms with E-state index in [1.165, 1.54) is 16.6 Å². The summed E-state index contributed by atoms with van der Waals surface area (Å²) in [6.45, 7) is 13.8. The number of amides is 2. The highest BCUT2D eigenvalue weighted by molar-refractivity contribution is 5.82. The Hall–Kier alpha value is -3.80. The van der Waals surface area contributed by atoms with Crippen molar-refractivity contribution in [3.05, 3.63) is 108 Å². The number of likely N-dealkylation sites (tertiary alicyclic amines) is 1. The predicted octanol–water partition coefficient (Wildman–Crippen LogP) is 9.73. The van der Waals surface area contributed by atoms with Crippen LogP contribution in [0.3, 0.4) is 0 Å². The molecule has 41 heavy (non-hydrogen) atoms. The first kappa shape index (κ1) is 31.7. The third kappa shape index (κ3) is 8.59.